The van der Waals surface area contributed by atoms with Crippen LogP contribution < -0.4 is 70.1 Å². The number of non-ortho nitro benzene ring substituents is 1. The summed E-state index contributed by atoms with van der Waals surface area (Å²) in [5, 5.41) is 51.1. The van der Waals surface area contributed by atoms with Crippen LogP contribution in [0.25, 0.3) is 10.8 Å². The number of aromatic hydroxyl groups is 1. The number of nitro benzene ring substituents is 1. The average molecular weight is 617 g/mol. The van der Waals surface area contributed by atoms with Crippen molar-refractivity contribution in [2.45, 2.75) is 9.79 Å². The van der Waals surface area contributed by atoms with Crippen molar-refractivity contribution in [2.24, 2.45) is 20.5 Å². The van der Waals surface area contributed by atoms with Crippen molar-refractivity contribution in [3.63, 3.8) is 0 Å². The number of hydrogen-bond donors (Lipinski definition) is 2. The molecule has 4 aromatic rings. The number of nitro groups is 1. The molecular formula is C22H14N6Na2O9S2. The Labute approximate surface area is 280 Å². The summed E-state index contributed by atoms with van der Waals surface area (Å²) in [6, 6.07) is 15.3. The molecule has 0 unspecified atom stereocenters. The first-order chi connectivity index (χ1) is 18.6. The van der Waals surface area contributed by atoms with Crippen molar-refractivity contribution in [1.29, 1.82) is 0 Å². The van der Waals surface area contributed by atoms with E-state index in [9.17, 15) is 33.4 Å². The molecule has 0 fully saturated rings. The number of anilines is 1. The van der Waals surface area contributed by atoms with Crippen LogP contribution in [0.4, 0.5) is 34.1 Å². The van der Waals surface area contributed by atoms with Crippen LogP contribution >= 0.6 is 12.0 Å². The molecule has 4 rings (SSSR count). The molecule has 0 bridgehead atoms. The first-order valence-corrected chi connectivity index (χ1v) is 12.6. The molecule has 15 nitrogen and oxygen atoms in total. The summed E-state index contributed by atoms with van der Waals surface area (Å²) < 4.78 is 40.6. The molecule has 4 aromatic carbocycles. The van der Waals surface area contributed by atoms with Gasteiger partial charge in [0.2, 0.25) is 0 Å². The van der Waals surface area contributed by atoms with Gasteiger partial charge < -0.3 is 20.7 Å². The summed E-state index contributed by atoms with van der Waals surface area (Å²) in [5.41, 5.74) is 5.19. The molecule has 0 saturated heterocycles. The van der Waals surface area contributed by atoms with Crippen molar-refractivity contribution in [3.05, 3.63) is 76.8 Å². The van der Waals surface area contributed by atoms with Crippen LogP contribution in [0.15, 0.2) is 97.0 Å². The van der Waals surface area contributed by atoms with Crippen LogP contribution in [-0.4, -0.2) is 23.0 Å². The Bertz CT molecular complexity index is 1730. The van der Waals surface area contributed by atoms with E-state index >= 15 is 0 Å². The minimum atomic E-state index is -5.18. The molecule has 0 saturated carbocycles. The molecule has 19 heteroatoms. The minimum Gasteiger partial charge on any atom is -0.744 e. The van der Waals surface area contributed by atoms with Gasteiger partial charge in [0.1, 0.15) is 21.5 Å². The van der Waals surface area contributed by atoms with Gasteiger partial charge in [0.15, 0.2) is 5.75 Å². The molecule has 0 spiro atoms. The second-order valence-electron chi connectivity index (χ2n) is 7.49. The number of nitrogens with zero attached hydrogens (tertiary/aromatic N) is 5. The topological polar surface area (TPSA) is 238 Å². The van der Waals surface area contributed by atoms with E-state index < -0.39 is 37.1 Å². The Morgan fingerprint density at radius 1 is 0.902 bits per heavy atom. The number of rotatable bonds is 9. The Morgan fingerprint density at radius 3 is 2.05 bits per heavy atom. The van der Waals surface area contributed by atoms with Crippen molar-refractivity contribution < 1.29 is 96.7 Å². The Morgan fingerprint density at radius 2 is 1.49 bits per heavy atom. The second-order valence-corrected chi connectivity index (χ2v) is 9.58. The molecule has 0 radical (unpaired) electrons. The summed E-state index contributed by atoms with van der Waals surface area (Å²) in [6.45, 7) is 0. The molecule has 0 aliphatic rings. The molecule has 0 aromatic heterocycles. The number of hydrogen-bond acceptors (Lipinski definition) is 15. The first-order valence-electron chi connectivity index (χ1n) is 10.4. The van der Waals surface area contributed by atoms with Gasteiger partial charge >= 0.3 is 59.1 Å². The standard InChI is InChI=1S/C22H16N6O9S2.2Na/c23-19-18-12(10-16(38-37-36-32)20(22(18)29)26-24-13-4-2-1-3-5-13)11-17(39(33,34)35)21(19)27-25-14-6-8-15(9-7-14)28(30)31;;/h1-11,29,32H,23H2,(H,33,34,35);;/q;2*+1/p-2. The first kappa shape index (κ1) is 34.7. The van der Waals surface area contributed by atoms with E-state index in [0.29, 0.717) is 17.7 Å². The predicted octanol–water partition coefficient (Wildman–Crippen LogP) is -0.991. The third-order valence-electron chi connectivity index (χ3n) is 5.08. The Kier molecular flexibility index (Phi) is 12.8. The van der Waals surface area contributed by atoms with Gasteiger partial charge in [0.25, 0.3) is 5.69 Å². The van der Waals surface area contributed by atoms with Crippen molar-refractivity contribution in [2.75, 3.05) is 5.73 Å². The van der Waals surface area contributed by atoms with E-state index in [1.165, 1.54) is 18.2 Å². The second kappa shape index (κ2) is 15.1. The molecule has 0 aliphatic carbocycles. The van der Waals surface area contributed by atoms with E-state index in [1.54, 1.807) is 30.3 Å². The van der Waals surface area contributed by atoms with Crippen LogP contribution in [0.2, 0.25) is 0 Å². The SMILES string of the molecule is Nc1c(N=Nc2ccc([N+](=O)[O-])cc2)c(S(=O)(=O)[O-])cc2cc(SOO[O-])c(N=Nc3ccccc3)c(O)c12.[Na+].[Na+]. The number of nitrogen functional groups attached to an aromatic ring is 1. The van der Waals surface area contributed by atoms with Crippen LogP contribution in [-0.2, 0) is 19.5 Å². The molecular weight excluding hydrogens is 602 g/mol. The number of nitrogens with two attached hydrogens (primary N) is 1. The van der Waals surface area contributed by atoms with Gasteiger partial charge in [-0.3, -0.25) is 15.2 Å². The number of phenols is 1. The number of phenolic OH excluding ortho intramolecular Hbond substituents is 1. The fourth-order valence-corrected chi connectivity index (χ4v) is 4.52. The largest absolute Gasteiger partial charge is 1.00 e. The zero-order chi connectivity index (χ0) is 28.2. The molecule has 3 N–H and O–H groups in total. The summed E-state index contributed by atoms with van der Waals surface area (Å²) in [6.07, 6.45) is 0. The van der Waals surface area contributed by atoms with Gasteiger partial charge in [-0.15, -0.1) is 10.2 Å². The maximum atomic E-state index is 12.1. The molecule has 0 atom stereocenters. The molecule has 200 valence electrons. The van der Waals surface area contributed by atoms with Crippen molar-refractivity contribution >= 4 is 67.1 Å². The molecule has 41 heavy (non-hydrogen) atoms. The fourth-order valence-electron chi connectivity index (χ4n) is 3.37. The van der Waals surface area contributed by atoms with Crippen LogP contribution in [0.5, 0.6) is 5.75 Å². The summed E-state index contributed by atoms with van der Waals surface area (Å²) in [7, 11) is -5.18. The van der Waals surface area contributed by atoms with Gasteiger partial charge in [-0.25, -0.2) is 8.42 Å². The summed E-state index contributed by atoms with van der Waals surface area (Å²) in [5.74, 6) is -0.608. The Hall–Kier alpha value is -2.52. The third-order valence-corrected chi connectivity index (χ3v) is 6.55. The molecule has 0 aliphatic heterocycles. The van der Waals surface area contributed by atoms with Crippen LogP contribution in [0, 0.1) is 10.1 Å². The molecule has 0 heterocycles. The van der Waals surface area contributed by atoms with Gasteiger partial charge in [0, 0.05) is 12.1 Å². The van der Waals surface area contributed by atoms with E-state index in [4.69, 9.17) is 5.73 Å². The number of azo groups is 2. The monoisotopic (exact) mass is 616 g/mol. The van der Waals surface area contributed by atoms with Gasteiger partial charge in [-0.1, -0.05) is 18.2 Å². The maximum absolute atomic E-state index is 12.1. The van der Waals surface area contributed by atoms with Gasteiger partial charge in [-0.2, -0.15) is 14.6 Å². The van der Waals surface area contributed by atoms with E-state index in [-0.39, 0.29) is 91.8 Å². The quantitative estimate of drug-likeness (QED) is 0.0338. The van der Waals surface area contributed by atoms with E-state index in [0.717, 1.165) is 18.2 Å². The summed E-state index contributed by atoms with van der Waals surface area (Å²) in [4.78, 5) is 9.32. The van der Waals surface area contributed by atoms with Crippen molar-refractivity contribution in [1.82, 2.24) is 0 Å². The fraction of sp³-hybridized carbons (Fsp3) is 0. The Balaban J connectivity index is 0.00000294. The van der Waals surface area contributed by atoms with Gasteiger partial charge in [-0.05, 0) is 41.8 Å². The third kappa shape index (κ3) is 8.28. The zero-order valence-electron chi connectivity index (χ0n) is 21.2. The van der Waals surface area contributed by atoms with E-state index in [2.05, 4.69) is 29.8 Å². The smallest absolute Gasteiger partial charge is 0.744 e. The minimum absolute atomic E-state index is 0. The number of fused-ring (bicyclic) bond motifs is 1. The van der Waals surface area contributed by atoms with Crippen LogP contribution in [0.1, 0.15) is 0 Å². The maximum Gasteiger partial charge on any atom is 1.00 e. The van der Waals surface area contributed by atoms with Gasteiger partial charge in [0.05, 0.1) is 49.2 Å². The molecule has 0 amide bonds. The average Bonchev–Trinajstić information content (AvgIpc) is 2.90. The summed E-state index contributed by atoms with van der Waals surface area (Å²) >= 11 is 0.339. The predicted molar refractivity (Wildman–Crippen MR) is 134 cm³/mol. The van der Waals surface area contributed by atoms with E-state index in [1.807, 2.05) is 0 Å². The number of benzene rings is 4. The normalized spacial score (nSPS) is 11.5. The van der Waals surface area contributed by atoms with Crippen LogP contribution in [0.3, 0.4) is 0 Å². The zero-order valence-corrected chi connectivity index (χ0v) is 26.8. The van der Waals surface area contributed by atoms with Crippen molar-refractivity contribution in [3.8, 4) is 5.75 Å².